The van der Waals surface area contributed by atoms with Crippen LogP contribution in [-0.4, -0.2) is 57.2 Å². The Kier molecular flexibility index (Phi) is 6.60. The van der Waals surface area contributed by atoms with E-state index < -0.39 is 10.0 Å². The summed E-state index contributed by atoms with van der Waals surface area (Å²) in [6, 6.07) is 7.17. The molecule has 8 heteroatoms. The SMILES string of the molecule is CCCS(=O)(=O)N1CCC(NC(=NC)NCC2(c3ccccc3F)CC2)CC1. The molecule has 0 atom stereocenters. The average molecular weight is 411 g/mol. The lowest BCUT2D eigenvalue weighted by Gasteiger charge is -2.32. The highest BCUT2D eigenvalue weighted by molar-refractivity contribution is 7.89. The summed E-state index contributed by atoms with van der Waals surface area (Å²) in [6.07, 6.45) is 4.07. The number of halogens is 1. The number of benzene rings is 1. The van der Waals surface area contributed by atoms with Gasteiger partial charge in [0.15, 0.2) is 5.96 Å². The van der Waals surface area contributed by atoms with E-state index in [2.05, 4.69) is 15.6 Å². The number of nitrogens with one attached hydrogen (secondary N) is 2. The molecule has 0 amide bonds. The molecule has 2 aliphatic rings. The fourth-order valence-electron chi connectivity index (χ4n) is 3.89. The van der Waals surface area contributed by atoms with Crippen LogP contribution in [0.3, 0.4) is 0 Å². The molecule has 3 rings (SSSR count). The van der Waals surface area contributed by atoms with E-state index in [0.717, 1.165) is 31.2 Å². The quantitative estimate of drug-likeness (QED) is 0.534. The van der Waals surface area contributed by atoms with Crippen molar-refractivity contribution in [3.63, 3.8) is 0 Å². The number of rotatable bonds is 7. The van der Waals surface area contributed by atoms with Crippen molar-refractivity contribution < 1.29 is 12.8 Å². The molecule has 0 bridgehead atoms. The summed E-state index contributed by atoms with van der Waals surface area (Å²) in [6.45, 7) is 3.60. The van der Waals surface area contributed by atoms with Crippen LogP contribution < -0.4 is 10.6 Å². The van der Waals surface area contributed by atoms with E-state index >= 15 is 0 Å². The van der Waals surface area contributed by atoms with E-state index in [9.17, 15) is 12.8 Å². The molecule has 2 N–H and O–H groups in total. The van der Waals surface area contributed by atoms with Gasteiger partial charge in [-0.15, -0.1) is 0 Å². The van der Waals surface area contributed by atoms with Gasteiger partial charge in [-0.05, 0) is 43.7 Å². The van der Waals surface area contributed by atoms with E-state index in [0.29, 0.717) is 32.0 Å². The molecule has 6 nitrogen and oxygen atoms in total. The summed E-state index contributed by atoms with van der Waals surface area (Å²) in [7, 11) is -1.40. The second kappa shape index (κ2) is 8.78. The summed E-state index contributed by atoms with van der Waals surface area (Å²) in [5.74, 6) is 0.759. The average Bonchev–Trinajstić information content (AvgIpc) is 3.47. The van der Waals surface area contributed by atoms with E-state index in [1.165, 1.54) is 6.07 Å². The van der Waals surface area contributed by atoms with Gasteiger partial charge in [0.1, 0.15) is 5.82 Å². The van der Waals surface area contributed by atoms with Gasteiger partial charge in [-0.25, -0.2) is 17.1 Å². The summed E-state index contributed by atoms with van der Waals surface area (Å²) < 4.78 is 40.1. The van der Waals surface area contributed by atoms with Gasteiger partial charge in [0, 0.05) is 38.1 Å². The van der Waals surface area contributed by atoms with Crippen LogP contribution in [0, 0.1) is 5.82 Å². The van der Waals surface area contributed by atoms with E-state index in [1.807, 2.05) is 19.1 Å². The Morgan fingerprint density at radius 3 is 2.54 bits per heavy atom. The van der Waals surface area contributed by atoms with Gasteiger partial charge < -0.3 is 10.6 Å². The zero-order valence-corrected chi connectivity index (χ0v) is 17.6. The third-order valence-electron chi connectivity index (χ3n) is 5.77. The second-order valence-electron chi connectivity index (χ2n) is 7.82. The van der Waals surface area contributed by atoms with Gasteiger partial charge in [0.25, 0.3) is 0 Å². The molecule has 0 aromatic heterocycles. The lowest BCUT2D eigenvalue weighted by atomic mass is 9.95. The van der Waals surface area contributed by atoms with E-state index in [-0.39, 0.29) is 23.0 Å². The van der Waals surface area contributed by atoms with E-state index in [1.54, 1.807) is 17.4 Å². The van der Waals surface area contributed by atoms with Gasteiger partial charge in [0.05, 0.1) is 5.75 Å². The highest BCUT2D eigenvalue weighted by atomic mass is 32.2. The molecule has 1 aliphatic heterocycles. The minimum atomic E-state index is -3.12. The van der Waals surface area contributed by atoms with Gasteiger partial charge in [-0.3, -0.25) is 4.99 Å². The molecule has 1 saturated heterocycles. The number of aliphatic imine (C=N–C) groups is 1. The van der Waals surface area contributed by atoms with Gasteiger partial charge >= 0.3 is 0 Å². The second-order valence-corrected chi connectivity index (χ2v) is 9.91. The number of piperidine rings is 1. The zero-order chi connectivity index (χ0) is 20.2. The lowest BCUT2D eigenvalue weighted by molar-refractivity contribution is 0.306. The van der Waals surface area contributed by atoms with Crippen molar-refractivity contribution >= 4 is 16.0 Å². The van der Waals surface area contributed by atoms with Crippen molar-refractivity contribution in [2.24, 2.45) is 4.99 Å². The first-order valence-corrected chi connectivity index (χ1v) is 11.7. The monoisotopic (exact) mass is 410 g/mol. The number of nitrogens with zero attached hydrogens (tertiary/aromatic N) is 2. The van der Waals surface area contributed by atoms with E-state index in [4.69, 9.17) is 0 Å². The van der Waals surface area contributed by atoms with Crippen LogP contribution in [0.4, 0.5) is 4.39 Å². The molecule has 2 fully saturated rings. The fraction of sp³-hybridized carbons (Fsp3) is 0.650. The van der Waals surface area contributed by atoms with Crippen molar-refractivity contribution in [1.82, 2.24) is 14.9 Å². The topological polar surface area (TPSA) is 73.8 Å². The maximum atomic E-state index is 14.2. The maximum absolute atomic E-state index is 14.2. The standard InChI is InChI=1S/C20H31FN4O2S/c1-3-14-28(26,27)25-12-8-16(9-13-25)24-19(22-2)23-15-20(10-11-20)17-6-4-5-7-18(17)21/h4-7,16H,3,8-15H2,1-2H3,(H2,22,23,24). The Morgan fingerprint density at radius 1 is 1.29 bits per heavy atom. The minimum Gasteiger partial charge on any atom is -0.356 e. The summed E-state index contributed by atoms with van der Waals surface area (Å²) >= 11 is 0. The molecular weight excluding hydrogens is 379 g/mol. The van der Waals surface area contributed by atoms with Crippen molar-refractivity contribution in [2.45, 2.75) is 50.5 Å². The third kappa shape index (κ3) is 4.84. The fourth-order valence-corrected chi connectivity index (χ4v) is 5.43. The van der Waals surface area contributed by atoms with Crippen molar-refractivity contribution in [3.05, 3.63) is 35.6 Å². The smallest absolute Gasteiger partial charge is 0.214 e. The van der Waals surface area contributed by atoms with Gasteiger partial charge in [-0.1, -0.05) is 25.1 Å². The maximum Gasteiger partial charge on any atom is 0.214 e. The Bertz CT molecular complexity index is 800. The first-order chi connectivity index (χ1) is 13.4. The largest absolute Gasteiger partial charge is 0.356 e. The van der Waals surface area contributed by atoms with Crippen LogP contribution >= 0.6 is 0 Å². The molecular formula is C20H31FN4O2S. The Hall–Kier alpha value is -1.67. The number of hydrogen-bond acceptors (Lipinski definition) is 3. The summed E-state index contributed by atoms with van der Waals surface area (Å²) in [5.41, 5.74) is 0.619. The van der Waals surface area contributed by atoms with Gasteiger partial charge in [0.2, 0.25) is 10.0 Å². The molecule has 156 valence electrons. The molecule has 1 aliphatic carbocycles. The molecule has 1 aromatic carbocycles. The van der Waals surface area contributed by atoms with Crippen LogP contribution in [-0.2, 0) is 15.4 Å². The molecule has 1 aromatic rings. The normalized spacial score (nSPS) is 20.8. The molecule has 0 spiro atoms. The molecule has 0 unspecified atom stereocenters. The molecule has 28 heavy (non-hydrogen) atoms. The Morgan fingerprint density at radius 2 is 1.96 bits per heavy atom. The molecule has 0 radical (unpaired) electrons. The highest BCUT2D eigenvalue weighted by Gasteiger charge is 2.45. The number of hydrogen-bond donors (Lipinski definition) is 2. The Balaban J connectivity index is 1.51. The first kappa shape index (κ1) is 21.0. The lowest BCUT2D eigenvalue weighted by Crippen LogP contribution is -2.51. The van der Waals surface area contributed by atoms with Gasteiger partial charge in [-0.2, -0.15) is 0 Å². The molecule has 1 heterocycles. The summed E-state index contributed by atoms with van der Waals surface area (Å²) in [4.78, 5) is 4.30. The zero-order valence-electron chi connectivity index (χ0n) is 16.7. The minimum absolute atomic E-state index is 0.148. The number of sulfonamides is 1. The predicted octanol–water partition coefficient (Wildman–Crippen LogP) is 2.23. The Labute approximate surface area is 167 Å². The van der Waals surface area contributed by atoms with Crippen molar-refractivity contribution in [3.8, 4) is 0 Å². The first-order valence-electron chi connectivity index (χ1n) is 10.1. The third-order valence-corrected chi connectivity index (χ3v) is 7.84. The van der Waals surface area contributed by atoms with Crippen LogP contribution in [0.15, 0.2) is 29.3 Å². The summed E-state index contributed by atoms with van der Waals surface area (Å²) in [5, 5.41) is 6.75. The molecule has 1 saturated carbocycles. The van der Waals surface area contributed by atoms with Crippen molar-refractivity contribution in [2.75, 3.05) is 32.4 Å². The predicted molar refractivity (Wildman–Crippen MR) is 110 cm³/mol. The van der Waals surface area contributed by atoms with Crippen LogP contribution in [0.2, 0.25) is 0 Å². The van der Waals surface area contributed by atoms with Crippen molar-refractivity contribution in [1.29, 1.82) is 0 Å². The number of guanidine groups is 1. The van der Waals surface area contributed by atoms with Crippen LogP contribution in [0.25, 0.3) is 0 Å². The van der Waals surface area contributed by atoms with Crippen LogP contribution in [0.1, 0.15) is 44.6 Å². The highest BCUT2D eigenvalue weighted by Crippen LogP contribution is 2.48. The van der Waals surface area contributed by atoms with Crippen LogP contribution in [0.5, 0.6) is 0 Å².